The van der Waals surface area contributed by atoms with E-state index in [1.54, 1.807) is 18.2 Å². The topological polar surface area (TPSA) is 92.4 Å². The number of nitrogens with two attached hydrogens (primary N) is 1. The Hall–Kier alpha value is -2.92. The molecule has 0 heterocycles. The summed E-state index contributed by atoms with van der Waals surface area (Å²) in [6.07, 6.45) is 0. The van der Waals surface area contributed by atoms with Gasteiger partial charge < -0.3 is 16.2 Å². The van der Waals surface area contributed by atoms with Crippen molar-refractivity contribution in [1.29, 1.82) is 0 Å². The van der Waals surface area contributed by atoms with Crippen LogP contribution >= 0.6 is 45.2 Å². The van der Waals surface area contributed by atoms with Crippen LogP contribution in [0.3, 0.4) is 0 Å². The van der Waals surface area contributed by atoms with Gasteiger partial charge in [0.1, 0.15) is 0 Å². The second-order valence-electron chi connectivity index (χ2n) is 8.47. The van der Waals surface area contributed by atoms with Crippen molar-refractivity contribution in [2.45, 2.75) is 27.7 Å². The van der Waals surface area contributed by atoms with Crippen LogP contribution in [-0.2, 0) is 0 Å². The molecule has 7 heteroatoms. The van der Waals surface area contributed by atoms with Crippen molar-refractivity contribution in [3.8, 4) is 0 Å². The first-order valence-electron chi connectivity index (χ1n) is 11.4. The molecule has 37 heavy (non-hydrogen) atoms. The predicted molar refractivity (Wildman–Crippen MR) is 169 cm³/mol. The fourth-order valence-corrected chi connectivity index (χ4v) is 4.10. The zero-order chi connectivity index (χ0) is 27.5. The molecular weight excluding hydrogens is 690 g/mol. The van der Waals surface area contributed by atoms with Crippen molar-refractivity contribution in [1.82, 2.24) is 0 Å². The van der Waals surface area contributed by atoms with Gasteiger partial charge in [0.05, 0.1) is 5.56 Å². The fourth-order valence-electron chi connectivity index (χ4n) is 3.05. The molecule has 0 spiro atoms. The standard InChI is InChI=1S/C15H14INO.C8H8O2.C7H8IN/c1-10-4-3-5-12(8-10)15(18)17-13-7-6-11(2)14(16)9-13;1-6-3-2-4-7(5-6)8(9)10;1-5-2-3-6(9)4-7(5)8/h3-9H,1-2H3,(H,17,18);2-5H,1H3,(H,9,10);2-4H,9H2,1H3. The molecule has 0 aromatic heterocycles. The van der Waals surface area contributed by atoms with Crippen LogP contribution in [0.25, 0.3) is 0 Å². The highest BCUT2D eigenvalue weighted by Gasteiger charge is 2.06. The SMILES string of the molecule is Cc1ccc(N)cc1I.Cc1cccc(C(=O)Nc2ccc(C)c(I)c2)c1.Cc1cccc(C(=O)O)c1. The number of carbonyl (C=O) groups excluding carboxylic acids is 1. The van der Waals surface area contributed by atoms with E-state index in [1.807, 2.05) is 87.5 Å². The van der Waals surface area contributed by atoms with Gasteiger partial charge >= 0.3 is 5.97 Å². The molecule has 4 N–H and O–H groups in total. The lowest BCUT2D eigenvalue weighted by atomic mass is 10.1. The highest BCUT2D eigenvalue weighted by molar-refractivity contribution is 14.1. The first kappa shape index (κ1) is 30.3. The van der Waals surface area contributed by atoms with E-state index >= 15 is 0 Å². The van der Waals surface area contributed by atoms with Gasteiger partial charge in [-0.05, 0) is 133 Å². The number of halogens is 2. The summed E-state index contributed by atoms with van der Waals surface area (Å²) in [7, 11) is 0. The highest BCUT2D eigenvalue weighted by atomic mass is 127. The largest absolute Gasteiger partial charge is 0.478 e. The van der Waals surface area contributed by atoms with E-state index in [0.29, 0.717) is 11.1 Å². The Balaban J connectivity index is 0.000000214. The Morgan fingerprint density at radius 3 is 1.68 bits per heavy atom. The number of carboxylic acid groups (broad SMARTS) is 1. The van der Waals surface area contributed by atoms with Gasteiger partial charge in [-0.3, -0.25) is 4.79 Å². The Kier molecular flexibility index (Phi) is 12.1. The van der Waals surface area contributed by atoms with Crippen LogP contribution in [0.15, 0.2) is 84.9 Å². The van der Waals surface area contributed by atoms with E-state index in [9.17, 15) is 9.59 Å². The molecule has 0 radical (unpaired) electrons. The minimum Gasteiger partial charge on any atom is -0.478 e. The molecule has 0 atom stereocenters. The van der Waals surface area contributed by atoms with Crippen LogP contribution in [-0.4, -0.2) is 17.0 Å². The van der Waals surface area contributed by atoms with Crippen molar-refractivity contribution >= 4 is 68.4 Å². The van der Waals surface area contributed by atoms with Crippen LogP contribution in [0.5, 0.6) is 0 Å². The lowest BCUT2D eigenvalue weighted by Gasteiger charge is -2.07. The first-order chi connectivity index (χ1) is 17.5. The van der Waals surface area contributed by atoms with Crippen LogP contribution in [0.4, 0.5) is 11.4 Å². The van der Waals surface area contributed by atoms with E-state index in [4.69, 9.17) is 10.8 Å². The summed E-state index contributed by atoms with van der Waals surface area (Å²) in [5, 5.41) is 11.4. The van der Waals surface area contributed by atoms with E-state index in [-0.39, 0.29) is 5.91 Å². The minimum atomic E-state index is -0.872. The van der Waals surface area contributed by atoms with E-state index in [2.05, 4.69) is 57.4 Å². The number of amides is 1. The second kappa shape index (κ2) is 14.7. The third-order valence-corrected chi connectivity index (χ3v) is 7.50. The lowest BCUT2D eigenvalue weighted by molar-refractivity contribution is 0.0696. The molecule has 0 aliphatic rings. The minimum absolute atomic E-state index is 0.0710. The normalized spacial score (nSPS) is 9.78. The maximum Gasteiger partial charge on any atom is 0.335 e. The molecule has 0 bridgehead atoms. The molecule has 0 saturated carbocycles. The van der Waals surface area contributed by atoms with E-state index in [1.165, 1.54) is 14.7 Å². The highest BCUT2D eigenvalue weighted by Crippen LogP contribution is 2.18. The number of aromatic carboxylic acids is 1. The van der Waals surface area contributed by atoms with Gasteiger partial charge in [0.2, 0.25) is 0 Å². The molecular formula is C30H30I2N2O3. The lowest BCUT2D eigenvalue weighted by Crippen LogP contribution is -2.12. The van der Waals surface area contributed by atoms with Gasteiger partial charge in [0.25, 0.3) is 5.91 Å². The number of nitrogen functional groups attached to an aromatic ring is 1. The number of rotatable bonds is 3. The molecule has 0 unspecified atom stereocenters. The van der Waals surface area contributed by atoms with Gasteiger partial charge in [-0.2, -0.15) is 0 Å². The summed E-state index contributed by atoms with van der Waals surface area (Å²) in [5.41, 5.74) is 12.8. The number of hydrogen-bond donors (Lipinski definition) is 3. The van der Waals surface area contributed by atoms with Crippen molar-refractivity contribution in [2.24, 2.45) is 0 Å². The molecule has 0 saturated heterocycles. The molecule has 4 aromatic rings. The molecule has 4 rings (SSSR count). The summed E-state index contributed by atoms with van der Waals surface area (Å²) in [6, 6.07) is 26.2. The van der Waals surface area contributed by atoms with Crippen LogP contribution < -0.4 is 11.1 Å². The summed E-state index contributed by atoms with van der Waals surface area (Å²) >= 11 is 4.54. The fraction of sp³-hybridized carbons (Fsp3) is 0.133. The maximum atomic E-state index is 12.0. The Bertz CT molecular complexity index is 1390. The van der Waals surface area contributed by atoms with Gasteiger partial charge in [-0.25, -0.2) is 4.79 Å². The molecule has 1 amide bonds. The average Bonchev–Trinajstić information content (AvgIpc) is 2.85. The summed E-state index contributed by atoms with van der Waals surface area (Å²) < 4.78 is 2.38. The van der Waals surface area contributed by atoms with E-state index < -0.39 is 5.97 Å². The second-order valence-corrected chi connectivity index (χ2v) is 10.8. The van der Waals surface area contributed by atoms with Gasteiger partial charge in [0, 0.05) is 24.1 Å². The zero-order valence-electron chi connectivity index (χ0n) is 21.2. The van der Waals surface area contributed by atoms with Crippen LogP contribution in [0.2, 0.25) is 0 Å². The van der Waals surface area contributed by atoms with Crippen LogP contribution in [0, 0.1) is 34.8 Å². The number of hydrogen-bond acceptors (Lipinski definition) is 3. The number of carboxylic acids is 1. The Labute approximate surface area is 245 Å². The maximum absolute atomic E-state index is 12.0. The molecule has 4 aromatic carbocycles. The molecule has 0 aliphatic carbocycles. The van der Waals surface area contributed by atoms with Crippen molar-refractivity contribution in [2.75, 3.05) is 11.1 Å². The summed E-state index contributed by atoms with van der Waals surface area (Å²) in [5.74, 6) is -0.943. The molecule has 5 nitrogen and oxygen atoms in total. The Morgan fingerprint density at radius 2 is 1.22 bits per heavy atom. The number of nitrogens with one attached hydrogen (secondary N) is 1. The third-order valence-electron chi connectivity index (χ3n) is 5.17. The summed E-state index contributed by atoms with van der Waals surface area (Å²) in [4.78, 5) is 22.4. The smallest absolute Gasteiger partial charge is 0.335 e. The Morgan fingerprint density at radius 1 is 0.703 bits per heavy atom. The first-order valence-corrected chi connectivity index (χ1v) is 13.6. The predicted octanol–water partition coefficient (Wildman–Crippen LogP) is 8.04. The van der Waals surface area contributed by atoms with Crippen molar-refractivity contribution < 1.29 is 14.7 Å². The summed E-state index contributed by atoms with van der Waals surface area (Å²) in [6.45, 7) is 7.97. The third kappa shape index (κ3) is 10.5. The van der Waals surface area contributed by atoms with Gasteiger partial charge in [-0.15, -0.1) is 0 Å². The molecule has 192 valence electrons. The van der Waals surface area contributed by atoms with Gasteiger partial charge in [0.15, 0.2) is 0 Å². The average molecular weight is 720 g/mol. The van der Waals surface area contributed by atoms with Crippen molar-refractivity contribution in [3.63, 3.8) is 0 Å². The molecule has 0 fully saturated rings. The van der Waals surface area contributed by atoms with Crippen molar-refractivity contribution in [3.05, 3.63) is 125 Å². The number of aryl methyl sites for hydroxylation is 4. The van der Waals surface area contributed by atoms with Gasteiger partial charge in [-0.1, -0.05) is 47.5 Å². The van der Waals surface area contributed by atoms with E-state index in [0.717, 1.165) is 26.1 Å². The monoisotopic (exact) mass is 720 g/mol. The number of anilines is 2. The zero-order valence-corrected chi connectivity index (χ0v) is 25.5. The van der Waals surface area contributed by atoms with Crippen LogP contribution in [0.1, 0.15) is 43.0 Å². The number of carbonyl (C=O) groups is 2. The molecule has 0 aliphatic heterocycles. The number of benzene rings is 4. The quantitative estimate of drug-likeness (QED) is 0.148.